The number of aliphatic hydroxyl groups is 1. The van der Waals surface area contributed by atoms with Crippen molar-refractivity contribution < 1.29 is 19.4 Å². The van der Waals surface area contributed by atoms with Crippen LogP contribution < -0.4 is 0 Å². The lowest BCUT2D eigenvalue weighted by Crippen LogP contribution is -2.53. The second-order valence-electron chi connectivity index (χ2n) is 10.2. The summed E-state index contributed by atoms with van der Waals surface area (Å²) in [5.41, 5.74) is 2.67. The van der Waals surface area contributed by atoms with Crippen molar-refractivity contribution in [3.63, 3.8) is 0 Å². The molecule has 1 aliphatic heterocycles. The molecule has 1 saturated carbocycles. The van der Waals surface area contributed by atoms with Crippen molar-refractivity contribution in [2.45, 2.75) is 62.0 Å². The average molecular weight is 499 g/mol. The molecule has 34 heavy (non-hydrogen) atoms. The van der Waals surface area contributed by atoms with Gasteiger partial charge in [-0.1, -0.05) is 25.6 Å². The molecular weight excluding hydrogens is 464 g/mol. The van der Waals surface area contributed by atoms with E-state index in [0.717, 1.165) is 36.8 Å². The number of allylic oxidation sites excluding steroid dienone is 3. The monoisotopic (exact) mass is 498 g/mol. The summed E-state index contributed by atoms with van der Waals surface area (Å²) in [6.45, 7) is 6.01. The second kappa shape index (κ2) is 9.45. The van der Waals surface area contributed by atoms with Gasteiger partial charge in [0.2, 0.25) is 0 Å². The fraction of sp³-hybridized carbons (Fsp3) is 0.500. The molecule has 1 saturated heterocycles. The number of benzene rings is 1. The Morgan fingerprint density at radius 2 is 1.94 bits per heavy atom. The third kappa shape index (κ3) is 3.78. The molecule has 1 N–H and O–H groups in total. The highest BCUT2D eigenvalue weighted by Crippen LogP contribution is 2.62. The van der Waals surface area contributed by atoms with Gasteiger partial charge in [-0.25, -0.2) is 0 Å². The number of rotatable bonds is 4. The van der Waals surface area contributed by atoms with E-state index in [-0.39, 0.29) is 43.0 Å². The van der Waals surface area contributed by atoms with Gasteiger partial charge < -0.3 is 9.84 Å². The van der Waals surface area contributed by atoms with E-state index < -0.39 is 11.0 Å². The fourth-order valence-corrected chi connectivity index (χ4v) is 7.31. The Hall–Kier alpha value is -1.60. The molecule has 0 aromatic heterocycles. The van der Waals surface area contributed by atoms with Crippen LogP contribution >= 0.6 is 25.3 Å². The van der Waals surface area contributed by atoms with Crippen molar-refractivity contribution in [3.05, 3.63) is 65.3 Å². The molecule has 4 aliphatic rings. The maximum Gasteiger partial charge on any atom is 0.187 e. The van der Waals surface area contributed by atoms with Crippen molar-refractivity contribution in [1.82, 2.24) is 0 Å². The van der Waals surface area contributed by atoms with Crippen molar-refractivity contribution >= 4 is 36.8 Å². The second-order valence-corrected chi connectivity index (χ2v) is 11.1. The van der Waals surface area contributed by atoms with Crippen LogP contribution in [-0.2, 0) is 14.3 Å². The first kappa shape index (κ1) is 25.5. The number of ether oxygens (including phenoxy) is 1. The third-order valence-corrected chi connectivity index (χ3v) is 9.47. The highest BCUT2D eigenvalue weighted by atomic mass is 32.2. The van der Waals surface area contributed by atoms with E-state index >= 15 is 0 Å². The molecule has 2 unspecified atom stereocenters. The van der Waals surface area contributed by atoms with Crippen LogP contribution in [0.5, 0.6) is 0 Å². The van der Waals surface area contributed by atoms with Gasteiger partial charge in [-0.05, 0) is 96.8 Å². The zero-order valence-electron chi connectivity index (χ0n) is 19.9. The standard InChI is InChI=1S/C28H32O4S.H2S/c1-4-24(30)28(31)14-13-23-22-11-7-18-15-19(29)8-12-21(18)25(22)26(32-16-27(23,28)2)17-5-9-20(33-3)10-6-17;/h4-6,9-10,15,22-23,26,31H,1,7-8,11-14,16H2,2-3H3;1H2/t22?,23?,26-,27+,28-;/m1./s1. The molecule has 6 heteroatoms. The average Bonchev–Trinajstić information content (AvgIpc) is 3.01. The topological polar surface area (TPSA) is 63.6 Å². The number of fused-ring (bicyclic) bond motifs is 4. The van der Waals surface area contributed by atoms with Crippen LogP contribution in [0, 0.1) is 17.3 Å². The maximum atomic E-state index is 12.9. The van der Waals surface area contributed by atoms with Crippen LogP contribution in [0.15, 0.2) is 64.6 Å². The van der Waals surface area contributed by atoms with Crippen LogP contribution in [0.1, 0.15) is 57.1 Å². The van der Waals surface area contributed by atoms with Crippen LogP contribution in [0.4, 0.5) is 0 Å². The quantitative estimate of drug-likeness (QED) is 0.439. The van der Waals surface area contributed by atoms with Gasteiger partial charge in [0, 0.05) is 16.7 Å². The normalized spacial score (nSPS) is 34.7. The lowest BCUT2D eigenvalue weighted by atomic mass is 9.61. The molecule has 1 heterocycles. The largest absolute Gasteiger partial charge is 0.381 e. The molecule has 0 radical (unpaired) electrons. The number of carbonyl (C=O) groups is 2. The molecule has 2 fully saturated rings. The van der Waals surface area contributed by atoms with E-state index in [4.69, 9.17) is 4.74 Å². The molecule has 182 valence electrons. The minimum atomic E-state index is -1.45. The minimum absolute atomic E-state index is 0. The Bertz CT molecular complexity index is 1070. The lowest BCUT2D eigenvalue weighted by molar-refractivity contribution is -0.154. The number of thioether (sulfide) groups is 1. The summed E-state index contributed by atoms with van der Waals surface area (Å²) >= 11 is 1.71. The van der Waals surface area contributed by atoms with Crippen molar-refractivity contribution in [2.75, 3.05) is 12.9 Å². The van der Waals surface area contributed by atoms with Gasteiger partial charge in [-0.2, -0.15) is 13.5 Å². The van der Waals surface area contributed by atoms with Gasteiger partial charge in [-0.15, -0.1) is 11.8 Å². The molecule has 1 aromatic rings. The van der Waals surface area contributed by atoms with E-state index in [1.165, 1.54) is 22.1 Å². The zero-order chi connectivity index (χ0) is 23.4. The molecule has 0 amide bonds. The summed E-state index contributed by atoms with van der Waals surface area (Å²) in [5, 5.41) is 11.6. The van der Waals surface area contributed by atoms with Gasteiger partial charge in [0.15, 0.2) is 11.6 Å². The summed E-state index contributed by atoms with van der Waals surface area (Å²) in [6.07, 6.45) is 9.23. The van der Waals surface area contributed by atoms with Crippen LogP contribution in [0.25, 0.3) is 0 Å². The number of ketones is 2. The van der Waals surface area contributed by atoms with Crippen LogP contribution in [-0.4, -0.2) is 35.1 Å². The third-order valence-electron chi connectivity index (χ3n) is 8.73. The van der Waals surface area contributed by atoms with Crippen LogP contribution in [0.3, 0.4) is 0 Å². The highest BCUT2D eigenvalue weighted by molar-refractivity contribution is 7.98. The number of hydrogen-bond acceptors (Lipinski definition) is 5. The van der Waals surface area contributed by atoms with Gasteiger partial charge in [0.25, 0.3) is 0 Å². The van der Waals surface area contributed by atoms with Crippen LogP contribution in [0.2, 0.25) is 0 Å². The van der Waals surface area contributed by atoms with Crippen molar-refractivity contribution in [1.29, 1.82) is 0 Å². The Kier molecular flexibility index (Phi) is 7.09. The van der Waals surface area contributed by atoms with Gasteiger partial charge in [-0.3, -0.25) is 9.59 Å². The summed E-state index contributed by atoms with van der Waals surface area (Å²) in [6, 6.07) is 8.52. The SMILES string of the molecule is C=CC(=O)[C@]1(O)CCC2C3CCC4=CC(=O)CCC4=C3[C@@H](c3ccc(SC)cc3)OC[C@@]21C.S. The molecule has 3 aliphatic carbocycles. The molecule has 5 atom stereocenters. The molecule has 4 nitrogen and oxygen atoms in total. The smallest absolute Gasteiger partial charge is 0.187 e. The fourth-order valence-electron chi connectivity index (χ4n) is 6.90. The Morgan fingerprint density at radius 1 is 1.21 bits per heavy atom. The predicted octanol–water partition coefficient (Wildman–Crippen LogP) is 5.49. The Balaban J connectivity index is 0.00000274. The molecule has 0 spiro atoms. The van der Waals surface area contributed by atoms with Gasteiger partial charge in [0.05, 0.1) is 6.61 Å². The maximum absolute atomic E-state index is 12.9. The van der Waals surface area contributed by atoms with Gasteiger partial charge in [0.1, 0.15) is 11.7 Å². The van der Waals surface area contributed by atoms with E-state index in [1.807, 2.05) is 13.0 Å². The molecule has 0 bridgehead atoms. The van der Waals surface area contributed by atoms with E-state index in [0.29, 0.717) is 19.4 Å². The molecule has 5 rings (SSSR count). The minimum Gasteiger partial charge on any atom is -0.381 e. The summed E-state index contributed by atoms with van der Waals surface area (Å²) < 4.78 is 6.69. The van der Waals surface area contributed by atoms with E-state index in [2.05, 4.69) is 37.1 Å². The first-order valence-corrected chi connectivity index (χ1v) is 13.2. The first-order chi connectivity index (χ1) is 15.8. The summed E-state index contributed by atoms with van der Waals surface area (Å²) in [5.74, 6) is 0.269. The van der Waals surface area contributed by atoms with E-state index in [9.17, 15) is 14.7 Å². The number of hydrogen-bond donors (Lipinski definition) is 1. The summed E-state index contributed by atoms with van der Waals surface area (Å²) in [4.78, 5) is 26.3. The van der Waals surface area contributed by atoms with Crippen molar-refractivity contribution in [3.8, 4) is 0 Å². The first-order valence-electron chi connectivity index (χ1n) is 11.9. The molecular formula is C28H34O4S2. The predicted molar refractivity (Wildman–Crippen MR) is 140 cm³/mol. The lowest BCUT2D eigenvalue weighted by Gasteiger charge is -2.43. The van der Waals surface area contributed by atoms with E-state index in [1.54, 1.807) is 11.8 Å². The zero-order valence-corrected chi connectivity index (χ0v) is 21.7. The Labute approximate surface area is 213 Å². The van der Waals surface area contributed by atoms with Gasteiger partial charge >= 0.3 is 0 Å². The van der Waals surface area contributed by atoms with Crippen molar-refractivity contribution in [2.24, 2.45) is 17.3 Å². The summed E-state index contributed by atoms with van der Waals surface area (Å²) in [7, 11) is 0. The molecule has 1 aromatic carbocycles. The highest BCUT2D eigenvalue weighted by Gasteiger charge is 2.63. The Morgan fingerprint density at radius 3 is 2.62 bits per heavy atom. The number of carbonyl (C=O) groups excluding carboxylic acids is 2.